The van der Waals surface area contributed by atoms with Gasteiger partial charge in [-0.25, -0.2) is 0 Å². The minimum atomic E-state index is -1.79. The van der Waals surface area contributed by atoms with Gasteiger partial charge in [-0.15, -0.1) is 0 Å². The Hall–Kier alpha value is -2.05. The zero-order valence-electron chi connectivity index (χ0n) is 37.1. The fraction of sp³-hybridized carbons (Fsp3) is 0.809. The lowest BCUT2D eigenvalue weighted by Gasteiger charge is -2.46. The van der Waals surface area contributed by atoms with Crippen molar-refractivity contribution in [3.05, 3.63) is 48.6 Å². The SMILES string of the molecule is CC/C=C\C/C=C\C/C=C\C/C=C\CCCCC(=O)NC(COC1OC(CO)C(OC2OC(CO)C(O)C(O)C2O)C(O)C1O)C(O)CCCCCCCCCCCCCC. The first-order chi connectivity index (χ1) is 29.6. The summed E-state index contributed by atoms with van der Waals surface area (Å²) in [5.74, 6) is -0.251. The number of hydrogen-bond acceptors (Lipinski definition) is 13. The quantitative estimate of drug-likeness (QED) is 0.0309. The molecule has 12 unspecified atom stereocenters. The molecule has 2 fully saturated rings. The van der Waals surface area contributed by atoms with Gasteiger partial charge in [0.05, 0.1) is 32.0 Å². The number of rotatable bonds is 34. The van der Waals surface area contributed by atoms with Crippen molar-refractivity contribution in [3.63, 3.8) is 0 Å². The van der Waals surface area contributed by atoms with Crippen molar-refractivity contribution in [1.29, 1.82) is 0 Å². The molecule has 0 bridgehead atoms. The molecule has 354 valence electrons. The molecule has 0 radical (unpaired) electrons. The summed E-state index contributed by atoms with van der Waals surface area (Å²) in [6.07, 6.45) is 21.2. The van der Waals surface area contributed by atoms with Crippen LogP contribution in [0.4, 0.5) is 0 Å². The summed E-state index contributed by atoms with van der Waals surface area (Å²) in [6, 6.07) is -0.849. The molecule has 14 heteroatoms. The second kappa shape index (κ2) is 34.4. The monoisotopic (exact) mass is 870 g/mol. The lowest BCUT2D eigenvalue weighted by Crippen LogP contribution is -2.65. The molecule has 2 heterocycles. The number of allylic oxidation sites excluding steroid dienone is 8. The van der Waals surface area contributed by atoms with Crippen molar-refractivity contribution in [3.8, 4) is 0 Å². The Morgan fingerprint density at radius 2 is 1.13 bits per heavy atom. The van der Waals surface area contributed by atoms with Crippen LogP contribution in [0.15, 0.2) is 48.6 Å². The number of hydrogen-bond donors (Lipinski definition) is 9. The van der Waals surface area contributed by atoms with E-state index in [9.17, 15) is 45.6 Å². The number of carbonyl (C=O) groups is 1. The van der Waals surface area contributed by atoms with Gasteiger partial charge in [-0.05, 0) is 51.4 Å². The van der Waals surface area contributed by atoms with Gasteiger partial charge in [-0.3, -0.25) is 4.79 Å². The minimum absolute atomic E-state index is 0.250. The van der Waals surface area contributed by atoms with Crippen LogP contribution in [0.2, 0.25) is 0 Å². The zero-order valence-corrected chi connectivity index (χ0v) is 37.1. The predicted octanol–water partition coefficient (Wildman–Crippen LogP) is 4.93. The Bertz CT molecular complexity index is 1210. The van der Waals surface area contributed by atoms with Gasteiger partial charge in [-0.1, -0.05) is 140 Å². The van der Waals surface area contributed by atoms with E-state index in [-0.39, 0.29) is 18.9 Å². The van der Waals surface area contributed by atoms with E-state index in [4.69, 9.17) is 18.9 Å². The van der Waals surface area contributed by atoms with Gasteiger partial charge in [-0.2, -0.15) is 0 Å². The van der Waals surface area contributed by atoms with Crippen molar-refractivity contribution < 1.29 is 64.6 Å². The number of amides is 1. The Balaban J connectivity index is 1.90. The van der Waals surface area contributed by atoms with E-state index in [1.54, 1.807) is 0 Å². The number of aliphatic hydroxyl groups is 8. The maximum Gasteiger partial charge on any atom is 0.220 e. The summed E-state index contributed by atoms with van der Waals surface area (Å²) in [7, 11) is 0. The Morgan fingerprint density at radius 1 is 0.607 bits per heavy atom. The molecule has 9 N–H and O–H groups in total. The van der Waals surface area contributed by atoms with E-state index in [2.05, 4.69) is 67.8 Å². The van der Waals surface area contributed by atoms with Gasteiger partial charge in [0.15, 0.2) is 12.6 Å². The minimum Gasteiger partial charge on any atom is -0.394 e. The van der Waals surface area contributed by atoms with Crippen molar-refractivity contribution in [1.82, 2.24) is 5.32 Å². The molecule has 0 aliphatic carbocycles. The summed E-state index contributed by atoms with van der Waals surface area (Å²) >= 11 is 0. The Kier molecular flexibility index (Phi) is 31.0. The van der Waals surface area contributed by atoms with Crippen molar-refractivity contribution in [2.75, 3.05) is 19.8 Å². The first-order valence-electron chi connectivity index (χ1n) is 23.4. The van der Waals surface area contributed by atoms with Crippen LogP contribution in [0, 0.1) is 0 Å². The highest BCUT2D eigenvalue weighted by Crippen LogP contribution is 2.30. The summed E-state index contributed by atoms with van der Waals surface area (Å²) in [6.45, 7) is 2.67. The van der Waals surface area contributed by atoms with Gasteiger partial charge >= 0.3 is 0 Å². The topological polar surface area (TPSA) is 228 Å². The molecular formula is C47H83NO13. The molecule has 2 aliphatic heterocycles. The molecule has 2 aliphatic rings. The Morgan fingerprint density at radius 3 is 1.70 bits per heavy atom. The number of aliphatic hydroxyl groups excluding tert-OH is 8. The third-order valence-electron chi connectivity index (χ3n) is 11.3. The van der Waals surface area contributed by atoms with E-state index in [1.165, 1.54) is 51.4 Å². The fourth-order valence-electron chi connectivity index (χ4n) is 7.46. The van der Waals surface area contributed by atoms with Gasteiger partial charge in [0.25, 0.3) is 0 Å². The van der Waals surface area contributed by atoms with E-state index in [0.717, 1.165) is 64.2 Å². The highest BCUT2D eigenvalue weighted by Gasteiger charge is 2.51. The van der Waals surface area contributed by atoms with Crippen LogP contribution in [0.1, 0.15) is 149 Å². The number of carbonyl (C=O) groups excluding carboxylic acids is 1. The summed E-state index contributed by atoms with van der Waals surface area (Å²) < 4.78 is 22.7. The largest absolute Gasteiger partial charge is 0.394 e. The molecule has 2 rings (SSSR count). The summed E-state index contributed by atoms with van der Waals surface area (Å²) in [5, 5.41) is 86.6. The molecule has 0 aromatic heterocycles. The second-order valence-electron chi connectivity index (χ2n) is 16.5. The van der Waals surface area contributed by atoms with E-state index >= 15 is 0 Å². The molecule has 1 amide bonds. The van der Waals surface area contributed by atoms with Crippen LogP contribution in [0.5, 0.6) is 0 Å². The average Bonchev–Trinajstić information content (AvgIpc) is 3.26. The lowest BCUT2D eigenvalue weighted by molar-refractivity contribution is -0.359. The maximum atomic E-state index is 13.1. The number of nitrogens with one attached hydrogen (secondary N) is 1. The highest BCUT2D eigenvalue weighted by atomic mass is 16.7. The first kappa shape index (κ1) is 55.1. The normalized spacial score (nSPS) is 28.4. The second-order valence-corrected chi connectivity index (χ2v) is 16.5. The smallest absolute Gasteiger partial charge is 0.220 e. The third-order valence-corrected chi connectivity index (χ3v) is 11.3. The van der Waals surface area contributed by atoms with Crippen LogP contribution >= 0.6 is 0 Å². The third kappa shape index (κ3) is 22.4. The molecule has 0 aromatic carbocycles. The van der Waals surface area contributed by atoms with E-state index in [1.807, 2.05) is 0 Å². The average molecular weight is 870 g/mol. The standard InChI is InChI=1S/C47H83NO13/c1-3-5-7-9-11-13-15-17-18-19-21-23-25-27-29-31-39(52)48-35(36(51)30-28-26-24-22-20-16-14-12-10-8-6-4-2)34-58-46-44(57)42(55)45(38(33-50)60-46)61-47-43(56)41(54)40(53)37(32-49)59-47/h5,7,11,13,17-18,21,23,35-38,40-47,49-51,53-57H,3-4,6,8-10,12,14-16,19-20,22,24-34H2,1-2H3,(H,48,52)/b7-5-,13-11-,18-17-,23-21-. The molecule has 61 heavy (non-hydrogen) atoms. The molecule has 0 spiro atoms. The van der Waals surface area contributed by atoms with Crippen LogP contribution in [-0.2, 0) is 23.7 Å². The zero-order chi connectivity index (χ0) is 44.7. The molecule has 12 atom stereocenters. The lowest BCUT2D eigenvalue weighted by atomic mass is 9.97. The Labute approximate surface area is 365 Å². The van der Waals surface area contributed by atoms with Crippen molar-refractivity contribution in [2.45, 2.75) is 222 Å². The van der Waals surface area contributed by atoms with E-state index < -0.39 is 86.8 Å². The van der Waals surface area contributed by atoms with Crippen LogP contribution in [0.3, 0.4) is 0 Å². The summed E-state index contributed by atoms with van der Waals surface area (Å²) in [4.78, 5) is 13.1. The molecule has 2 saturated heterocycles. The highest BCUT2D eigenvalue weighted by molar-refractivity contribution is 5.76. The van der Waals surface area contributed by atoms with Crippen LogP contribution in [-0.4, -0.2) is 140 Å². The van der Waals surface area contributed by atoms with Gasteiger partial charge < -0.3 is 65.1 Å². The maximum absolute atomic E-state index is 13.1. The van der Waals surface area contributed by atoms with Gasteiger partial charge in [0, 0.05) is 6.42 Å². The van der Waals surface area contributed by atoms with Crippen molar-refractivity contribution >= 4 is 5.91 Å². The number of unbranched alkanes of at least 4 members (excludes halogenated alkanes) is 13. The van der Waals surface area contributed by atoms with Crippen LogP contribution < -0.4 is 5.32 Å². The van der Waals surface area contributed by atoms with Crippen molar-refractivity contribution in [2.24, 2.45) is 0 Å². The van der Waals surface area contributed by atoms with Gasteiger partial charge in [0.2, 0.25) is 5.91 Å². The first-order valence-corrected chi connectivity index (χ1v) is 23.4. The molecule has 0 saturated carbocycles. The van der Waals surface area contributed by atoms with E-state index in [0.29, 0.717) is 12.8 Å². The van der Waals surface area contributed by atoms with Crippen LogP contribution in [0.25, 0.3) is 0 Å². The number of ether oxygens (including phenoxy) is 4. The fourth-order valence-corrected chi connectivity index (χ4v) is 7.46. The molecular weight excluding hydrogens is 787 g/mol. The van der Waals surface area contributed by atoms with Gasteiger partial charge in [0.1, 0.15) is 48.8 Å². The summed E-state index contributed by atoms with van der Waals surface area (Å²) in [5.41, 5.74) is 0. The molecule has 0 aromatic rings. The predicted molar refractivity (Wildman–Crippen MR) is 235 cm³/mol. The molecule has 14 nitrogen and oxygen atoms in total.